The zero-order valence-electron chi connectivity index (χ0n) is 18.5. The van der Waals surface area contributed by atoms with Gasteiger partial charge in [0, 0.05) is 29.8 Å². The van der Waals surface area contributed by atoms with Crippen molar-refractivity contribution in [3.8, 4) is 11.3 Å². The maximum Gasteiger partial charge on any atom is 0.296 e. The molecular formula is C27H24N2O4. The van der Waals surface area contributed by atoms with Crippen molar-refractivity contribution in [3.63, 3.8) is 0 Å². The van der Waals surface area contributed by atoms with Crippen molar-refractivity contribution in [1.29, 1.82) is 0 Å². The summed E-state index contributed by atoms with van der Waals surface area (Å²) in [6.45, 7) is 3.53. The monoisotopic (exact) mass is 440 g/mol. The Bertz CT molecular complexity index is 1260. The van der Waals surface area contributed by atoms with Crippen LogP contribution in [0.2, 0.25) is 0 Å². The van der Waals surface area contributed by atoms with Crippen LogP contribution in [0.3, 0.4) is 0 Å². The lowest BCUT2D eigenvalue weighted by Crippen LogP contribution is -2.47. The van der Waals surface area contributed by atoms with Crippen LogP contribution >= 0.6 is 0 Å². The number of furan rings is 2. The maximum absolute atomic E-state index is 13.4. The van der Waals surface area contributed by atoms with Crippen molar-refractivity contribution in [3.05, 3.63) is 96.4 Å². The van der Waals surface area contributed by atoms with Gasteiger partial charge in [-0.25, -0.2) is 0 Å². The highest BCUT2D eigenvalue weighted by Gasteiger charge is 2.42. The molecule has 0 N–H and O–H groups in total. The zero-order chi connectivity index (χ0) is 22.9. The highest BCUT2D eigenvalue weighted by atomic mass is 16.4. The first-order valence-corrected chi connectivity index (χ1v) is 11.0. The number of benzene rings is 2. The Morgan fingerprint density at radius 2 is 1.67 bits per heavy atom. The second-order valence-electron chi connectivity index (χ2n) is 8.21. The van der Waals surface area contributed by atoms with E-state index >= 15 is 0 Å². The average molecular weight is 440 g/mol. The van der Waals surface area contributed by atoms with Gasteiger partial charge in [0.05, 0.1) is 12.3 Å². The second kappa shape index (κ2) is 8.47. The van der Waals surface area contributed by atoms with E-state index in [-0.39, 0.29) is 29.7 Å². The maximum atomic E-state index is 13.4. The number of rotatable bonds is 4. The van der Waals surface area contributed by atoms with E-state index in [0.29, 0.717) is 18.1 Å². The fourth-order valence-electron chi connectivity index (χ4n) is 4.55. The Morgan fingerprint density at radius 1 is 0.970 bits per heavy atom. The van der Waals surface area contributed by atoms with Crippen molar-refractivity contribution < 1.29 is 18.4 Å². The molecule has 0 spiro atoms. The topological polar surface area (TPSA) is 66.9 Å². The minimum Gasteiger partial charge on any atom is -0.459 e. The van der Waals surface area contributed by atoms with E-state index in [4.69, 9.17) is 8.83 Å². The largest absolute Gasteiger partial charge is 0.459 e. The summed E-state index contributed by atoms with van der Waals surface area (Å²) in [4.78, 5) is 29.6. The van der Waals surface area contributed by atoms with E-state index in [9.17, 15) is 9.59 Å². The van der Waals surface area contributed by atoms with Crippen LogP contribution in [0.15, 0.2) is 94.0 Å². The Kier molecular flexibility index (Phi) is 5.34. The smallest absolute Gasteiger partial charge is 0.296 e. The van der Waals surface area contributed by atoms with Crippen molar-refractivity contribution >= 4 is 23.4 Å². The van der Waals surface area contributed by atoms with E-state index in [2.05, 4.69) is 0 Å². The molecule has 3 heterocycles. The van der Waals surface area contributed by atoms with Gasteiger partial charge < -0.3 is 13.7 Å². The molecule has 0 bridgehead atoms. The summed E-state index contributed by atoms with van der Waals surface area (Å²) < 4.78 is 11.7. The number of hydrogen-bond acceptors (Lipinski definition) is 4. The molecule has 1 aliphatic rings. The third-order valence-electron chi connectivity index (χ3n) is 6.02. The summed E-state index contributed by atoms with van der Waals surface area (Å²) in [7, 11) is 0. The van der Waals surface area contributed by atoms with Crippen LogP contribution in [0.5, 0.6) is 0 Å². The number of para-hydroxylation sites is 1. The Morgan fingerprint density at radius 3 is 2.30 bits per heavy atom. The van der Waals surface area contributed by atoms with Gasteiger partial charge in [-0.15, -0.1) is 0 Å². The first-order valence-electron chi connectivity index (χ1n) is 11.0. The molecule has 6 nitrogen and oxygen atoms in total. The average Bonchev–Trinajstić information content (AvgIpc) is 3.51. The summed E-state index contributed by atoms with van der Waals surface area (Å²) in [6.07, 6.45) is 2.04. The lowest BCUT2D eigenvalue weighted by molar-refractivity contribution is -0.117. The van der Waals surface area contributed by atoms with E-state index in [1.165, 1.54) is 6.26 Å². The molecule has 0 radical (unpaired) electrons. The van der Waals surface area contributed by atoms with Gasteiger partial charge in [0.2, 0.25) is 11.8 Å². The third-order valence-corrected chi connectivity index (χ3v) is 6.02. The van der Waals surface area contributed by atoms with Crippen molar-refractivity contribution in [2.75, 3.05) is 9.80 Å². The van der Waals surface area contributed by atoms with Crippen LogP contribution in [0, 0.1) is 0 Å². The summed E-state index contributed by atoms with van der Waals surface area (Å²) in [5.41, 5.74) is 2.50. The fourth-order valence-corrected chi connectivity index (χ4v) is 4.55. The predicted molar refractivity (Wildman–Crippen MR) is 126 cm³/mol. The highest BCUT2D eigenvalue weighted by molar-refractivity contribution is 6.05. The molecule has 0 fully saturated rings. The molecule has 2 amide bonds. The van der Waals surface area contributed by atoms with E-state index in [1.807, 2.05) is 73.7 Å². The minimum absolute atomic E-state index is 0.0716. The minimum atomic E-state index is -0.281. The zero-order valence-corrected chi connectivity index (χ0v) is 18.5. The van der Waals surface area contributed by atoms with Crippen LogP contribution in [0.4, 0.5) is 11.6 Å². The quantitative estimate of drug-likeness (QED) is 0.386. The van der Waals surface area contributed by atoms with E-state index < -0.39 is 0 Å². The molecule has 6 heteroatoms. The molecule has 2 aromatic heterocycles. The molecular weight excluding hydrogens is 416 g/mol. The highest BCUT2D eigenvalue weighted by Crippen LogP contribution is 2.46. The van der Waals surface area contributed by atoms with Crippen LogP contribution in [0.1, 0.15) is 42.4 Å². The number of carbonyl (C=O) groups excluding carboxylic acids is 2. The van der Waals surface area contributed by atoms with Gasteiger partial charge in [-0.2, -0.15) is 0 Å². The SMILES string of the molecule is CC(=O)N(c1ccccc1)C1CC(C)N(C(=O)c2ccco2)c2oc(-c3ccccc3)cc21. The first-order chi connectivity index (χ1) is 16.0. The number of hydrogen-bond donors (Lipinski definition) is 0. The molecule has 166 valence electrons. The summed E-state index contributed by atoms with van der Waals surface area (Å²) in [5.74, 6) is 0.998. The van der Waals surface area contributed by atoms with Crippen LogP contribution in [-0.2, 0) is 4.79 Å². The Balaban J connectivity index is 1.66. The summed E-state index contributed by atoms with van der Waals surface area (Å²) in [5, 5.41) is 0. The lowest BCUT2D eigenvalue weighted by atomic mass is 9.93. The first kappa shape index (κ1) is 20.8. The van der Waals surface area contributed by atoms with Gasteiger partial charge >= 0.3 is 0 Å². The molecule has 33 heavy (non-hydrogen) atoms. The number of carbonyl (C=O) groups is 2. The summed E-state index contributed by atoms with van der Waals surface area (Å²) in [6, 6.07) is 24.1. The van der Waals surface area contributed by atoms with Crippen LogP contribution in [0.25, 0.3) is 11.3 Å². The number of anilines is 2. The van der Waals surface area contributed by atoms with E-state index in [0.717, 1.165) is 16.8 Å². The molecule has 0 saturated carbocycles. The van der Waals surface area contributed by atoms with Gasteiger partial charge in [0.25, 0.3) is 5.91 Å². The van der Waals surface area contributed by atoms with Crippen LogP contribution in [-0.4, -0.2) is 17.9 Å². The van der Waals surface area contributed by atoms with Gasteiger partial charge in [-0.05, 0) is 43.7 Å². The van der Waals surface area contributed by atoms with Crippen molar-refractivity contribution in [2.45, 2.75) is 32.4 Å². The molecule has 2 unspecified atom stereocenters. The number of fused-ring (bicyclic) bond motifs is 1. The lowest BCUT2D eigenvalue weighted by Gasteiger charge is -2.40. The standard InChI is InChI=1S/C27H24N2O4/c1-18-16-23(29(19(2)30)21-12-7-4-8-13-21)22-17-25(20-10-5-3-6-11-20)33-27(22)28(18)26(31)24-14-9-15-32-24/h3-15,17-18,23H,16H2,1-2H3. The van der Waals surface area contributed by atoms with Crippen molar-refractivity contribution in [1.82, 2.24) is 0 Å². The molecule has 2 aromatic carbocycles. The van der Waals surface area contributed by atoms with Gasteiger partial charge in [-0.1, -0.05) is 48.5 Å². The molecule has 2 atom stereocenters. The molecule has 5 rings (SSSR count). The third kappa shape index (κ3) is 3.74. The number of amides is 2. The van der Waals surface area contributed by atoms with Gasteiger partial charge in [0.1, 0.15) is 5.76 Å². The fraction of sp³-hybridized carbons (Fsp3) is 0.185. The molecule has 0 saturated heterocycles. The second-order valence-corrected chi connectivity index (χ2v) is 8.21. The van der Waals surface area contributed by atoms with Crippen molar-refractivity contribution in [2.24, 2.45) is 0 Å². The molecule has 1 aliphatic heterocycles. The Labute approximate surface area is 192 Å². The molecule has 4 aromatic rings. The van der Waals surface area contributed by atoms with Gasteiger partial charge in [-0.3, -0.25) is 14.5 Å². The predicted octanol–water partition coefficient (Wildman–Crippen LogP) is 6.07. The number of nitrogens with zero attached hydrogens (tertiary/aromatic N) is 2. The molecule has 0 aliphatic carbocycles. The Hall–Kier alpha value is -4.06. The normalized spacial score (nSPS) is 17.5. The van der Waals surface area contributed by atoms with Gasteiger partial charge in [0.15, 0.2) is 5.76 Å². The van der Waals surface area contributed by atoms with Crippen LogP contribution < -0.4 is 9.80 Å². The summed E-state index contributed by atoms with van der Waals surface area (Å²) >= 11 is 0. The van der Waals surface area contributed by atoms with E-state index in [1.54, 1.807) is 28.9 Å².